The van der Waals surface area contributed by atoms with Crippen LogP contribution < -0.4 is 5.32 Å². The fourth-order valence-electron chi connectivity index (χ4n) is 3.66. The van der Waals surface area contributed by atoms with Crippen LogP contribution in [0.4, 0.5) is 5.82 Å². The Morgan fingerprint density at radius 1 is 0.939 bits per heavy atom. The van der Waals surface area contributed by atoms with Gasteiger partial charge in [0, 0.05) is 22.2 Å². The predicted octanol–water partition coefficient (Wildman–Crippen LogP) is 7.06. The second-order valence-corrected chi connectivity index (χ2v) is 9.39. The molecule has 0 aliphatic heterocycles. The van der Waals surface area contributed by atoms with E-state index in [0.29, 0.717) is 22.4 Å². The van der Waals surface area contributed by atoms with Gasteiger partial charge >= 0.3 is 5.97 Å². The molecule has 8 heteroatoms. The first-order chi connectivity index (χ1) is 16.0. The van der Waals surface area contributed by atoms with E-state index in [1.54, 1.807) is 29.5 Å². The van der Waals surface area contributed by atoms with Crippen molar-refractivity contribution in [2.75, 3.05) is 5.32 Å². The average molecular weight is 494 g/mol. The van der Waals surface area contributed by atoms with E-state index >= 15 is 0 Å². The van der Waals surface area contributed by atoms with Crippen LogP contribution in [-0.2, 0) is 17.8 Å². The SMILES string of the molecule is O=C(O)Cc1ccc(-c2nc(NCc3ccc(Cl)c(Cl)c3)c3c(n2)sc2ccccc23)cc1. The number of rotatable bonds is 6. The molecule has 2 aromatic heterocycles. The first-order valence-electron chi connectivity index (χ1n) is 10.2. The number of benzene rings is 3. The van der Waals surface area contributed by atoms with Gasteiger partial charge in [-0.25, -0.2) is 9.97 Å². The summed E-state index contributed by atoms with van der Waals surface area (Å²) in [5.74, 6) is 0.445. The number of carbonyl (C=O) groups is 1. The lowest BCUT2D eigenvalue weighted by atomic mass is 10.1. The molecule has 33 heavy (non-hydrogen) atoms. The number of thiophene rings is 1. The number of aromatic nitrogens is 2. The monoisotopic (exact) mass is 493 g/mol. The highest BCUT2D eigenvalue weighted by Crippen LogP contribution is 2.38. The van der Waals surface area contributed by atoms with Gasteiger partial charge in [-0.05, 0) is 29.3 Å². The number of anilines is 1. The Morgan fingerprint density at radius 2 is 1.70 bits per heavy atom. The molecule has 0 aliphatic carbocycles. The highest BCUT2D eigenvalue weighted by Gasteiger charge is 2.15. The second-order valence-electron chi connectivity index (χ2n) is 7.54. The molecule has 0 spiro atoms. The summed E-state index contributed by atoms with van der Waals surface area (Å²) in [5.41, 5.74) is 2.53. The van der Waals surface area contributed by atoms with Crippen LogP contribution in [0, 0.1) is 0 Å². The molecule has 164 valence electrons. The quantitative estimate of drug-likeness (QED) is 0.264. The predicted molar refractivity (Wildman–Crippen MR) is 135 cm³/mol. The zero-order chi connectivity index (χ0) is 22.9. The minimum absolute atomic E-state index is 0.0209. The topological polar surface area (TPSA) is 75.1 Å². The Bertz CT molecular complexity index is 1500. The molecule has 0 amide bonds. The normalized spacial score (nSPS) is 11.2. The zero-order valence-electron chi connectivity index (χ0n) is 17.2. The summed E-state index contributed by atoms with van der Waals surface area (Å²) in [7, 11) is 0. The van der Waals surface area contributed by atoms with Gasteiger partial charge < -0.3 is 10.4 Å². The van der Waals surface area contributed by atoms with Crippen LogP contribution in [0.3, 0.4) is 0 Å². The molecule has 0 saturated heterocycles. The minimum Gasteiger partial charge on any atom is -0.481 e. The lowest BCUT2D eigenvalue weighted by Crippen LogP contribution is -2.04. The van der Waals surface area contributed by atoms with Crippen LogP contribution >= 0.6 is 34.5 Å². The maximum Gasteiger partial charge on any atom is 0.307 e. The van der Waals surface area contributed by atoms with E-state index in [-0.39, 0.29) is 6.42 Å². The number of carboxylic acid groups (broad SMARTS) is 1. The van der Waals surface area contributed by atoms with Gasteiger partial charge in [-0.1, -0.05) is 71.7 Å². The summed E-state index contributed by atoms with van der Waals surface area (Å²) in [6.07, 6.45) is -0.0209. The molecule has 5 aromatic rings. The highest BCUT2D eigenvalue weighted by atomic mass is 35.5. The van der Waals surface area contributed by atoms with Crippen molar-refractivity contribution in [1.29, 1.82) is 0 Å². The number of aliphatic carboxylic acids is 1. The van der Waals surface area contributed by atoms with Gasteiger partial charge in [0.15, 0.2) is 5.82 Å². The number of fused-ring (bicyclic) bond motifs is 3. The third kappa shape index (κ3) is 4.50. The highest BCUT2D eigenvalue weighted by molar-refractivity contribution is 7.25. The molecular weight excluding hydrogens is 477 g/mol. The van der Waals surface area contributed by atoms with Gasteiger partial charge in [0.1, 0.15) is 10.6 Å². The second kappa shape index (κ2) is 8.98. The third-order valence-electron chi connectivity index (χ3n) is 5.25. The van der Waals surface area contributed by atoms with E-state index in [1.165, 1.54) is 0 Å². The largest absolute Gasteiger partial charge is 0.481 e. The fraction of sp³-hybridized carbons (Fsp3) is 0.0800. The number of nitrogens with zero attached hydrogens (tertiary/aromatic N) is 2. The lowest BCUT2D eigenvalue weighted by molar-refractivity contribution is -0.136. The molecule has 2 N–H and O–H groups in total. The molecule has 5 nitrogen and oxygen atoms in total. The number of hydrogen-bond acceptors (Lipinski definition) is 5. The van der Waals surface area contributed by atoms with Crippen molar-refractivity contribution in [2.45, 2.75) is 13.0 Å². The first kappa shape index (κ1) is 21.6. The Labute approximate surface area is 203 Å². The molecule has 0 unspecified atom stereocenters. The van der Waals surface area contributed by atoms with E-state index in [2.05, 4.69) is 17.4 Å². The molecule has 0 atom stereocenters. The van der Waals surface area contributed by atoms with Crippen molar-refractivity contribution in [3.8, 4) is 11.4 Å². The molecule has 0 bridgehead atoms. The molecule has 2 heterocycles. The van der Waals surface area contributed by atoms with Crippen LogP contribution in [0.5, 0.6) is 0 Å². The van der Waals surface area contributed by atoms with Crippen molar-refractivity contribution in [3.63, 3.8) is 0 Å². The molecule has 0 fully saturated rings. The van der Waals surface area contributed by atoms with Gasteiger partial charge in [-0.3, -0.25) is 4.79 Å². The molecule has 0 aliphatic rings. The first-order valence-corrected chi connectivity index (χ1v) is 11.7. The summed E-state index contributed by atoms with van der Waals surface area (Å²) in [6.45, 7) is 0.518. The number of halogens is 2. The summed E-state index contributed by atoms with van der Waals surface area (Å²) in [5, 5.41) is 15.6. The molecular formula is C25H17Cl2N3O2S. The summed E-state index contributed by atoms with van der Waals surface area (Å²) in [4.78, 5) is 21.5. The Balaban J connectivity index is 1.57. The number of carboxylic acids is 1. The van der Waals surface area contributed by atoms with Crippen LogP contribution in [0.25, 0.3) is 31.7 Å². The molecule has 3 aromatic carbocycles. The maximum absolute atomic E-state index is 11.0. The van der Waals surface area contributed by atoms with E-state index in [4.69, 9.17) is 38.3 Å². The van der Waals surface area contributed by atoms with Crippen LogP contribution in [0.1, 0.15) is 11.1 Å². The molecule has 5 rings (SSSR count). The Kier molecular flexibility index (Phi) is 5.89. The maximum atomic E-state index is 11.0. The van der Waals surface area contributed by atoms with Gasteiger partial charge in [0.2, 0.25) is 0 Å². The standard InChI is InChI=1S/C25H17Cl2N3O2S/c26-18-10-7-15(11-19(18)27)13-28-24-22-17-3-1-2-4-20(17)33-25(22)30-23(29-24)16-8-5-14(6-9-16)12-21(31)32/h1-11H,12-13H2,(H,31,32)(H,28,29,30). The van der Waals surface area contributed by atoms with E-state index in [0.717, 1.165) is 42.8 Å². The summed E-state index contributed by atoms with van der Waals surface area (Å²) < 4.78 is 1.13. The Morgan fingerprint density at radius 3 is 2.45 bits per heavy atom. The van der Waals surface area contributed by atoms with Crippen molar-refractivity contribution in [3.05, 3.63) is 87.9 Å². The van der Waals surface area contributed by atoms with Crippen LogP contribution in [0.15, 0.2) is 66.7 Å². The molecule has 0 saturated carbocycles. The summed E-state index contributed by atoms with van der Waals surface area (Å²) in [6, 6.07) is 21.0. The van der Waals surface area contributed by atoms with Crippen molar-refractivity contribution >= 4 is 66.6 Å². The van der Waals surface area contributed by atoms with Crippen LogP contribution in [-0.4, -0.2) is 21.0 Å². The van der Waals surface area contributed by atoms with Crippen molar-refractivity contribution < 1.29 is 9.90 Å². The zero-order valence-corrected chi connectivity index (χ0v) is 19.5. The van der Waals surface area contributed by atoms with E-state index in [9.17, 15) is 4.79 Å². The van der Waals surface area contributed by atoms with Crippen molar-refractivity contribution in [2.24, 2.45) is 0 Å². The van der Waals surface area contributed by atoms with E-state index in [1.807, 2.05) is 36.4 Å². The Hall–Kier alpha value is -3.19. The molecule has 0 radical (unpaired) electrons. The summed E-state index contributed by atoms with van der Waals surface area (Å²) >= 11 is 13.8. The fourth-order valence-corrected chi connectivity index (χ4v) is 5.06. The smallest absolute Gasteiger partial charge is 0.307 e. The van der Waals surface area contributed by atoms with Crippen LogP contribution in [0.2, 0.25) is 10.0 Å². The van der Waals surface area contributed by atoms with Gasteiger partial charge in [-0.2, -0.15) is 0 Å². The number of nitrogens with one attached hydrogen (secondary N) is 1. The lowest BCUT2D eigenvalue weighted by Gasteiger charge is -2.11. The van der Waals surface area contributed by atoms with Gasteiger partial charge in [0.25, 0.3) is 0 Å². The van der Waals surface area contributed by atoms with Gasteiger partial charge in [-0.15, -0.1) is 11.3 Å². The third-order valence-corrected chi connectivity index (χ3v) is 7.05. The minimum atomic E-state index is -0.862. The van der Waals surface area contributed by atoms with Crippen molar-refractivity contribution in [1.82, 2.24) is 9.97 Å². The van der Waals surface area contributed by atoms with Gasteiger partial charge in [0.05, 0.1) is 21.9 Å². The average Bonchev–Trinajstić information content (AvgIpc) is 3.18. The van der Waals surface area contributed by atoms with E-state index < -0.39 is 5.97 Å². The number of hydrogen-bond donors (Lipinski definition) is 2.